The van der Waals surface area contributed by atoms with Crippen LogP contribution in [0, 0.1) is 5.92 Å². The standard InChI is InChI=1S/C27H30N2O4/c1-19(2)16-25(29-15-8-7-14-26(29)31)27(32)28-24(17-20(3)30)21-10-9-13-23(18-21)33-22-11-5-4-6-12-22/h4-15,18-19,24-25H,16-17H2,1-3H3,(H,28,32)/t24-,25?/m1/s1. The van der Waals surface area contributed by atoms with Crippen LogP contribution in [-0.2, 0) is 9.59 Å². The van der Waals surface area contributed by atoms with E-state index in [9.17, 15) is 14.4 Å². The van der Waals surface area contributed by atoms with Gasteiger partial charge < -0.3 is 14.6 Å². The maximum absolute atomic E-state index is 13.4. The first-order chi connectivity index (χ1) is 15.8. The molecule has 3 aromatic rings. The molecule has 0 radical (unpaired) electrons. The van der Waals surface area contributed by atoms with Gasteiger partial charge in [0.25, 0.3) is 5.56 Å². The highest BCUT2D eigenvalue weighted by molar-refractivity contribution is 5.82. The number of rotatable bonds is 10. The lowest BCUT2D eigenvalue weighted by Gasteiger charge is -2.25. The number of hydrogen-bond acceptors (Lipinski definition) is 4. The third-order valence-electron chi connectivity index (χ3n) is 5.23. The molecule has 0 saturated carbocycles. The van der Waals surface area contributed by atoms with Crippen LogP contribution in [0.5, 0.6) is 11.5 Å². The highest BCUT2D eigenvalue weighted by atomic mass is 16.5. The van der Waals surface area contributed by atoms with E-state index >= 15 is 0 Å². The van der Waals surface area contributed by atoms with E-state index in [1.54, 1.807) is 18.3 Å². The molecule has 0 saturated heterocycles. The molecule has 172 valence electrons. The molecule has 0 aliphatic carbocycles. The molecule has 0 spiro atoms. The third-order valence-corrected chi connectivity index (χ3v) is 5.23. The zero-order valence-corrected chi connectivity index (χ0v) is 19.2. The van der Waals surface area contributed by atoms with Gasteiger partial charge in [0.05, 0.1) is 6.04 Å². The fourth-order valence-electron chi connectivity index (χ4n) is 3.72. The van der Waals surface area contributed by atoms with Crippen molar-refractivity contribution in [1.29, 1.82) is 0 Å². The average Bonchev–Trinajstić information content (AvgIpc) is 2.78. The van der Waals surface area contributed by atoms with Crippen LogP contribution in [0.4, 0.5) is 0 Å². The molecule has 6 heteroatoms. The van der Waals surface area contributed by atoms with Gasteiger partial charge in [0.2, 0.25) is 5.91 Å². The molecule has 2 aromatic carbocycles. The molecular weight excluding hydrogens is 416 g/mol. The zero-order valence-electron chi connectivity index (χ0n) is 19.2. The summed E-state index contributed by atoms with van der Waals surface area (Å²) >= 11 is 0. The second kappa shape index (κ2) is 11.3. The van der Waals surface area contributed by atoms with Gasteiger partial charge in [-0.3, -0.25) is 14.4 Å². The van der Waals surface area contributed by atoms with Crippen molar-refractivity contribution in [3.63, 3.8) is 0 Å². The van der Waals surface area contributed by atoms with Gasteiger partial charge in [-0.1, -0.05) is 50.2 Å². The van der Waals surface area contributed by atoms with Gasteiger partial charge >= 0.3 is 0 Å². The van der Waals surface area contributed by atoms with Gasteiger partial charge in [-0.25, -0.2) is 0 Å². The van der Waals surface area contributed by atoms with Crippen molar-refractivity contribution < 1.29 is 14.3 Å². The lowest BCUT2D eigenvalue weighted by molar-refractivity contribution is -0.126. The Kier molecular flexibility index (Phi) is 8.19. The molecule has 1 aromatic heterocycles. The number of carbonyl (C=O) groups is 2. The minimum Gasteiger partial charge on any atom is -0.457 e. The molecule has 1 heterocycles. The summed E-state index contributed by atoms with van der Waals surface area (Å²) in [6.07, 6.45) is 2.27. The van der Waals surface area contributed by atoms with E-state index < -0.39 is 12.1 Å². The van der Waals surface area contributed by atoms with Crippen LogP contribution in [0.15, 0.2) is 83.8 Å². The first-order valence-corrected chi connectivity index (χ1v) is 11.1. The molecule has 0 bridgehead atoms. The normalized spacial score (nSPS) is 12.7. The molecule has 0 aliphatic rings. The minimum atomic E-state index is -0.670. The lowest BCUT2D eigenvalue weighted by atomic mass is 9.98. The summed E-state index contributed by atoms with van der Waals surface area (Å²) in [5.74, 6) is 1.16. The largest absolute Gasteiger partial charge is 0.457 e. The molecular formula is C27H30N2O4. The topological polar surface area (TPSA) is 77.4 Å². The summed E-state index contributed by atoms with van der Waals surface area (Å²) in [4.78, 5) is 37.8. The van der Waals surface area contributed by atoms with Crippen LogP contribution in [0.1, 0.15) is 51.3 Å². The predicted molar refractivity (Wildman–Crippen MR) is 128 cm³/mol. The van der Waals surface area contributed by atoms with Gasteiger partial charge in [0.15, 0.2) is 0 Å². The Labute approximate surface area is 194 Å². The van der Waals surface area contributed by atoms with Crippen molar-refractivity contribution in [1.82, 2.24) is 9.88 Å². The first kappa shape index (κ1) is 24.0. The molecule has 1 amide bonds. The van der Waals surface area contributed by atoms with E-state index in [2.05, 4.69) is 5.32 Å². The van der Waals surface area contributed by atoms with E-state index in [0.717, 1.165) is 5.56 Å². The van der Waals surface area contributed by atoms with Gasteiger partial charge in [-0.15, -0.1) is 0 Å². The number of hydrogen-bond donors (Lipinski definition) is 1. The van der Waals surface area contributed by atoms with Crippen molar-refractivity contribution >= 4 is 11.7 Å². The van der Waals surface area contributed by atoms with Crippen molar-refractivity contribution in [3.8, 4) is 11.5 Å². The molecule has 3 rings (SSSR count). The van der Waals surface area contributed by atoms with Crippen LogP contribution in [0.3, 0.4) is 0 Å². The van der Waals surface area contributed by atoms with E-state index in [1.165, 1.54) is 17.6 Å². The van der Waals surface area contributed by atoms with Gasteiger partial charge in [0.1, 0.15) is 23.3 Å². The Morgan fingerprint density at radius 3 is 2.30 bits per heavy atom. The Hall–Kier alpha value is -3.67. The van der Waals surface area contributed by atoms with Crippen molar-refractivity contribution in [2.24, 2.45) is 5.92 Å². The number of aromatic nitrogens is 1. The molecule has 1 N–H and O–H groups in total. The van der Waals surface area contributed by atoms with E-state index in [1.807, 2.05) is 68.4 Å². The second-order valence-electron chi connectivity index (χ2n) is 8.55. The van der Waals surface area contributed by atoms with Crippen molar-refractivity contribution in [3.05, 3.63) is 94.9 Å². The molecule has 33 heavy (non-hydrogen) atoms. The van der Waals surface area contributed by atoms with Gasteiger partial charge in [-0.05, 0) is 55.2 Å². The third kappa shape index (κ3) is 6.91. The molecule has 2 atom stereocenters. The Morgan fingerprint density at radius 2 is 1.64 bits per heavy atom. The smallest absolute Gasteiger partial charge is 0.251 e. The zero-order chi connectivity index (χ0) is 23.8. The highest BCUT2D eigenvalue weighted by Crippen LogP contribution is 2.27. The number of nitrogens with zero attached hydrogens (tertiary/aromatic N) is 1. The Balaban J connectivity index is 1.87. The lowest BCUT2D eigenvalue weighted by Crippen LogP contribution is -2.39. The maximum atomic E-state index is 13.4. The number of ketones is 1. The van der Waals surface area contributed by atoms with Crippen LogP contribution in [0.2, 0.25) is 0 Å². The maximum Gasteiger partial charge on any atom is 0.251 e. The first-order valence-electron chi connectivity index (χ1n) is 11.1. The number of ether oxygens (including phenoxy) is 1. The number of amides is 1. The van der Waals surface area contributed by atoms with Gasteiger partial charge in [-0.2, -0.15) is 0 Å². The highest BCUT2D eigenvalue weighted by Gasteiger charge is 2.26. The van der Waals surface area contributed by atoms with Gasteiger partial charge in [0, 0.05) is 18.7 Å². The van der Waals surface area contributed by atoms with Crippen LogP contribution < -0.4 is 15.6 Å². The summed E-state index contributed by atoms with van der Waals surface area (Å²) < 4.78 is 7.37. The fraction of sp³-hybridized carbons (Fsp3) is 0.296. The Bertz CT molecular complexity index is 1140. The SMILES string of the molecule is CC(=O)C[C@@H](NC(=O)C(CC(C)C)n1ccccc1=O)c1cccc(Oc2ccccc2)c1. The molecule has 0 fully saturated rings. The van der Waals surface area contributed by atoms with Crippen molar-refractivity contribution in [2.45, 2.75) is 45.7 Å². The summed E-state index contributed by atoms with van der Waals surface area (Å²) in [5, 5.41) is 3.01. The number of benzene rings is 2. The number of para-hydroxylation sites is 1. The predicted octanol–water partition coefficient (Wildman–Crippen LogP) is 5.06. The number of nitrogens with one attached hydrogen (secondary N) is 1. The Morgan fingerprint density at radius 1 is 0.939 bits per heavy atom. The fourth-order valence-corrected chi connectivity index (χ4v) is 3.72. The second-order valence-corrected chi connectivity index (χ2v) is 8.55. The van der Waals surface area contributed by atoms with E-state index in [4.69, 9.17) is 4.74 Å². The number of carbonyl (C=O) groups excluding carboxylic acids is 2. The molecule has 6 nitrogen and oxygen atoms in total. The van der Waals surface area contributed by atoms with E-state index in [-0.39, 0.29) is 29.6 Å². The minimum absolute atomic E-state index is 0.0491. The summed E-state index contributed by atoms with van der Waals surface area (Å²) in [7, 11) is 0. The van der Waals surface area contributed by atoms with Crippen LogP contribution >= 0.6 is 0 Å². The van der Waals surface area contributed by atoms with Crippen molar-refractivity contribution in [2.75, 3.05) is 0 Å². The summed E-state index contributed by atoms with van der Waals surface area (Å²) in [5.41, 5.74) is 0.523. The molecule has 1 unspecified atom stereocenters. The average molecular weight is 447 g/mol. The monoisotopic (exact) mass is 446 g/mol. The van der Waals surface area contributed by atoms with Crippen LogP contribution in [-0.4, -0.2) is 16.3 Å². The molecule has 0 aliphatic heterocycles. The number of Topliss-reactive ketones (excluding diaryl/α,β-unsaturated/α-hetero) is 1. The summed E-state index contributed by atoms with van der Waals surface area (Å²) in [6, 6.07) is 20.4. The van der Waals surface area contributed by atoms with E-state index in [0.29, 0.717) is 17.9 Å². The van der Waals surface area contributed by atoms with Crippen LogP contribution in [0.25, 0.3) is 0 Å². The number of pyridine rings is 1. The summed E-state index contributed by atoms with van der Waals surface area (Å²) in [6.45, 7) is 5.51. The quantitative estimate of drug-likeness (QED) is 0.472.